The maximum absolute atomic E-state index is 13.3. The van der Waals surface area contributed by atoms with Crippen LogP contribution in [0.1, 0.15) is 25.5 Å². The van der Waals surface area contributed by atoms with Crippen LogP contribution in [0.5, 0.6) is 5.75 Å². The van der Waals surface area contributed by atoms with Gasteiger partial charge in [-0.05, 0) is 26.0 Å². The van der Waals surface area contributed by atoms with Crippen LogP contribution < -0.4 is 10.5 Å². The first kappa shape index (κ1) is 12.4. The van der Waals surface area contributed by atoms with E-state index in [0.29, 0.717) is 5.82 Å². The third kappa shape index (κ3) is 2.45. The summed E-state index contributed by atoms with van der Waals surface area (Å²) in [5.74, 6) is 0.392. The van der Waals surface area contributed by atoms with Crippen molar-refractivity contribution in [2.24, 2.45) is 0 Å². The Hall–Kier alpha value is -2.04. The fraction of sp³-hybridized carbons (Fsp3) is 0.308. The van der Waals surface area contributed by atoms with Gasteiger partial charge in [-0.15, -0.1) is 0 Å². The lowest BCUT2D eigenvalue weighted by Gasteiger charge is -2.09. The highest BCUT2D eigenvalue weighted by Gasteiger charge is 2.11. The molecule has 1 aromatic heterocycles. The zero-order valence-corrected chi connectivity index (χ0v) is 10.4. The highest BCUT2D eigenvalue weighted by molar-refractivity contribution is 5.39. The molecule has 0 radical (unpaired) electrons. The molecule has 0 aliphatic carbocycles. The molecule has 18 heavy (non-hydrogen) atoms. The average molecular weight is 249 g/mol. The normalized spacial score (nSPS) is 10.9. The lowest BCUT2D eigenvalue weighted by Crippen LogP contribution is -2.08. The van der Waals surface area contributed by atoms with E-state index in [1.807, 2.05) is 13.8 Å². The van der Waals surface area contributed by atoms with Crippen LogP contribution in [-0.2, 0) is 6.61 Å². The van der Waals surface area contributed by atoms with E-state index in [2.05, 4.69) is 5.10 Å². The van der Waals surface area contributed by atoms with Crippen LogP contribution in [0.4, 0.5) is 10.2 Å². The molecule has 0 saturated carbocycles. The van der Waals surface area contributed by atoms with Crippen molar-refractivity contribution < 1.29 is 9.13 Å². The minimum Gasteiger partial charge on any atom is -0.486 e. The predicted molar refractivity (Wildman–Crippen MR) is 67.8 cm³/mol. The molecule has 2 rings (SSSR count). The summed E-state index contributed by atoms with van der Waals surface area (Å²) in [5, 5.41) is 4.17. The van der Waals surface area contributed by atoms with Gasteiger partial charge in [-0.2, -0.15) is 5.10 Å². The van der Waals surface area contributed by atoms with Crippen molar-refractivity contribution in [2.45, 2.75) is 26.5 Å². The van der Waals surface area contributed by atoms with E-state index in [-0.39, 0.29) is 24.2 Å². The van der Waals surface area contributed by atoms with Crippen molar-refractivity contribution in [2.75, 3.05) is 5.73 Å². The number of rotatable bonds is 4. The summed E-state index contributed by atoms with van der Waals surface area (Å²) in [7, 11) is 0. The third-order valence-corrected chi connectivity index (χ3v) is 2.62. The molecule has 0 aliphatic heterocycles. The van der Waals surface area contributed by atoms with E-state index < -0.39 is 0 Å². The van der Waals surface area contributed by atoms with Gasteiger partial charge in [-0.3, -0.25) is 0 Å². The van der Waals surface area contributed by atoms with Gasteiger partial charge in [0.15, 0.2) is 11.6 Å². The summed E-state index contributed by atoms with van der Waals surface area (Å²) < 4.78 is 20.4. The number of benzene rings is 1. The molecule has 2 aromatic rings. The van der Waals surface area contributed by atoms with Crippen LogP contribution in [-0.4, -0.2) is 9.78 Å². The summed E-state index contributed by atoms with van der Waals surface area (Å²) in [6.45, 7) is 4.19. The molecule has 5 heteroatoms. The van der Waals surface area contributed by atoms with E-state index >= 15 is 0 Å². The number of nitrogens with zero attached hydrogens (tertiary/aromatic N) is 2. The number of para-hydroxylation sites is 1. The summed E-state index contributed by atoms with van der Waals surface area (Å²) in [5.41, 5.74) is 6.69. The smallest absolute Gasteiger partial charge is 0.165 e. The SMILES string of the molecule is CC(C)n1ncc(COc2ccccc2F)c1N. The van der Waals surface area contributed by atoms with E-state index in [0.717, 1.165) is 5.56 Å². The molecule has 0 spiro atoms. The minimum absolute atomic E-state index is 0.187. The van der Waals surface area contributed by atoms with Crippen molar-refractivity contribution in [1.82, 2.24) is 9.78 Å². The second-order valence-corrected chi connectivity index (χ2v) is 4.31. The maximum Gasteiger partial charge on any atom is 0.165 e. The number of nitrogen functional groups attached to an aromatic ring is 1. The zero-order chi connectivity index (χ0) is 13.1. The first-order valence-electron chi connectivity index (χ1n) is 5.78. The van der Waals surface area contributed by atoms with E-state index in [4.69, 9.17) is 10.5 Å². The van der Waals surface area contributed by atoms with Crippen LogP contribution in [0.3, 0.4) is 0 Å². The molecule has 0 amide bonds. The largest absolute Gasteiger partial charge is 0.486 e. The van der Waals surface area contributed by atoms with Crippen LogP contribution in [0.25, 0.3) is 0 Å². The van der Waals surface area contributed by atoms with Gasteiger partial charge in [-0.1, -0.05) is 12.1 Å². The minimum atomic E-state index is -0.382. The van der Waals surface area contributed by atoms with Crippen molar-refractivity contribution in [3.05, 3.63) is 41.8 Å². The van der Waals surface area contributed by atoms with Crippen LogP contribution in [0.15, 0.2) is 30.5 Å². The Labute approximate surface area is 105 Å². The Balaban J connectivity index is 2.09. The molecule has 96 valence electrons. The van der Waals surface area contributed by atoms with Gasteiger partial charge in [0.25, 0.3) is 0 Å². The van der Waals surface area contributed by atoms with Gasteiger partial charge in [-0.25, -0.2) is 9.07 Å². The number of hydrogen-bond donors (Lipinski definition) is 1. The number of hydrogen-bond acceptors (Lipinski definition) is 3. The summed E-state index contributed by atoms with van der Waals surface area (Å²) in [6.07, 6.45) is 1.65. The molecule has 0 unspecified atom stereocenters. The molecular weight excluding hydrogens is 233 g/mol. The number of anilines is 1. The van der Waals surface area contributed by atoms with Crippen molar-refractivity contribution in [1.29, 1.82) is 0 Å². The monoisotopic (exact) mass is 249 g/mol. The first-order valence-corrected chi connectivity index (χ1v) is 5.78. The second-order valence-electron chi connectivity index (χ2n) is 4.31. The fourth-order valence-electron chi connectivity index (χ4n) is 1.65. The molecule has 1 heterocycles. The van der Waals surface area contributed by atoms with Crippen molar-refractivity contribution in [3.8, 4) is 5.75 Å². The number of aromatic nitrogens is 2. The van der Waals surface area contributed by atoms with Crippen molar-refractivity contribution >= 4 is 5.82 Å². The predicted octanol–water partition coefficient (Wildman–Crippen LogP) is 2.76. The number of halogens is 1. The van der Waals surface area contributed by atoms with Gasteiger partial charge in [0.05, 0.1) is 11.8 Å². The molecule has 4 nitrogen and oxygen atoms in total. The van der Waals surface area contributed by atoms with Crippen LogP contribution in [0.2, 0.25) is 0 Å². The molecular formula is C13H16FN3O. The number of nitrogens with two attached hydrogens (primary N) is 1. The molecule has 2 N–H and O–H groups in total. The molecule has 0 saturated heterocycles. The highest BCUT2D eigenvalue weighted by atomic mass is 19.1. The lowest BCUT2D eigenvalue weighted by molar-refractivity contribution is 0.291. The second kappa shape index (κ2) is 5.08. The fourth-order valence-corrected chi connectivity index (χ4v) is 1.65. The van der Waals surface area contributed by atoms with E-state index in [1.165, 1.54) is 6.07 Å². The molecule has 0 aliphatic rings. The summed E-state index contributed by atoms with van der Waals surface area (Å²) in [6, 6.07) is 6.47. The van der Waals surface area contributed by atoms with Crippen LogP contribution in [0, 0.1) is 5.82 Å². The lowest BCUT2D eigenvalue weighted by atomic mass is 10.3. The van der Waals surface area contributed by atoms with Crippen molar-refractivity contribution in [3.63, 3.8) is 0 Å². The van der Waals surface area contributed by atoms with Gasteiger partial charge < -0.3 is 10.5 Å². The molecule has 0 bridgehead atoms. The molecule has 1 aromatic carbocycles. The van der Waals surface area contributed by atoms with Gasteiger partial charge in [0.1, 0.15) is 12.4 Å². The zero-order valence-electron chi connectivity index (χ0n) is 10.4. The first-order chi connectivity index (χ1) is 8.59. The Morgan fingerprint density at radius 3 is 2.72 bits per heavy atom. The van der Waals surface area contributed by atoms with Gasteiger partial charge in [0, 0.05) is 6.04 Å². The van der Waals surface area contributed by atoms with Gasteiger partial charge >= 0.3 is 0 Å². The third-order valence-electron chi connectivity index (χ3n) is 2.62. The topological polar surface area (TPSA) is 53.1 Å². The number of ether oxygens (including phenoxy) is 1. The Morgan fingerprint density at radius 2 is 2.11 bits per heavy atom. The summed E-state index contributed by atoms with van der Waals surface area (Å²) >= 11 is 0. The standard InChI is InChI=1S/C13H16FN3O/c1-9(2)17-13(15)10(7-16-17)8-18-12-6-4-3-5-11(12)14/h3-7,9H,8,15H2,1-2H3. The Kier molecular flexibility index (Phi) is 3.50. The van der Waals surface area contributed by atoms with Crippen LogP contribution >= 0.6 is 0 Å². The molecule has 0 fully saturated rings. The molecule has 0 atom stereocenters. The maximum atomic E-state index is 13.3. The van der Waals surface area contributed by atoms with E-state index in [1.54, 1.807) is 29.1 Å². The van der Waals surface area contributed by atoms with E-state index in [9.17, 15) is 4.39 Å². The Bertz CT molecular complexity index is 537. The average Bonchev–Trinajstić information content (AvgIpc) is 2.70. The summed E-state index contributed by atoms with van der Waals surface area (Å²) in [4.78, 5) is 0. The Morgan fingerprint density at radius 1 is 1.39 bits per heavy atom. The van der Waals surface area contributed by atoms with Gasteiger partial charge in [0.2, 0.25) is 0 Å². The highest BCUT2D eigenvalue weighted by Crippen LogP contribution is 2.20. The quantitative estimate of drug-likeness (QED) is 0.906.